The summed E-state index contributed by atoms with van der Waals surface area (Å²) in [7, 11) is 0. The molecule has 1 saturated heterocycles. The normalized spacial score (nSPS) is 27.2. The Hall–Kier alpha value is -1.09. The van der Waals surface area contributed by atoms with Crippen molar-refractivity contribution >= 4 is 5.69 Å². The number of hydrogen-bond donors (Lipinski definition) is 1. The highest BCUT2D eigenvalue weighted by atomic mass is 19.1. The fourth-order valence-electron chi connectivity index (χ4n) is 3.93. The summed E-state index contributed by atoms with van der Waals surface area (Å²) in [6.45, 7) is 5.50. The number of halogens is 1. The summed E-state index contributed by atoms with van der Waals surface area (Å²) < 4.78 is 13.4. The highest BCUT2D eigenvalue weighted by molar-refractivity contribution is 5.47. The zero-order chi connectivity index (χ0) is 14.7. The van der Waals surface area contributed by atoms with E-state index < -0.39 is 0 Å². The van der Waals surface area contributed by atoms with Crippen molar-refractivity contribution in [3.05, 3.63) is 30.1 Å². The van der Waals surface area contributed by atoms with Crippen LogP contribution in [0.5, 0.6) is 0 Å². The van der Waals surface area contributed by atoms with Crippen LogP contribution in [-0.2, 0) is 0 Å². The molecule has 1 saturated carbocycles. The van der Waals surface area contributed by atoms with Crippen LogP contribution in [0.4, 0.5) is 10.1 Å². The van der Waals surface area contributed by atoms with E-state index >= 15 is 0 Å². The lowest BCUT2D eigenvalue weighted by atomic mass is 9.94. The highest BCUT2D eigenvalue weighted by Crippen LogP contribution is 2.26. The molecular weight excluding hydrogens is 263 g/mol. The molecule has 2 fully saturated rings. The lowest BCUT2D eigenvalue weighted by Crippen LogP contribution is -2.49. The average Bonchev–Trinajstić information content (AvgIpc) is 2.98. The van der Waals surface area contributed by atoms with Crippen molar-refractivity contribution in [1.29, 1.82) is 0 Å². The molecule has 1 aromatic carbocycles. The van der Waals surface area contributed by atoms with E-state index in [4.69, 9.17) is 0 Å². The van der Waals surface area contributed by atoms with Gasteiger partial charge in [0, 0.05) is 24.8 Å². The third kappa shape index (κ3) is 3.97. The number of anilines is 1. The van der Waals surface area contributed by atoms with Crippen molar-refractivity contribution in [1.82, 2.24) is 5.32 Å². The van der Waals surface area contributed by atoms with Crippen LogP contribution in [0.15, 0.2) is 24.3 Å². The molecule has 116 valence electrons. The van der Waals surface area contributed by atoms with Gasteiger partial charge in [-0.1, -0.05) is 25.8 Å². The number of benzene rings is 1. The smallest absolute Gasteiger partial charge is 0.125 e. The van der Waals surface area contributed by atoms with Gasteiger partial charge in [0.05, 0.1) is 0 Å². The van der Waals surface area contributed by atoms with E-state index in [1.165, 1.54) is 38.2 Å². The summed E-state index contributed by atoms with van der Waals surface area (Å²) in [6.07, 6.45) is 6.83. The van der Waals surface area contributed by atoms with Crippen LogP contribution in [0.1, 0.15) is 39.0 Å². The van der Waals surface area contributed by atoms with Gasteiger partial charge < -0.3 is 10.2 Å². The minimum Gasteiger partial charge on any atom is -0.370 e. The van der Waals surface area contributed by atoms with E-state index in [-0.39, 0.29) is 5.82 Å². The Bertz CT molecular complexity index is 456. The molecule has 1 aliphatic heterocycles. The Labute approximate surface area is 127 Å². The first kappa shape index (κ1) is 14.8. The van der Waals surface area contributed by atoms with Crippen molar-refractivity contribution < 1.29 is 4.39 Å². The molecule has 2 atom stereocenters. The lowest BCUT2D eigenvalue weighted by molar-refractivity contribution is 0.332. The van der Waals surface area contributed by atoms with Crippen molar-refractivity contribution in [3.63, 3.8) is 0 Å². The molecule has 1 N–H and O–H groups in total. The molecule has 0 aromatic heterocycles. The summed E-state index contributed by atoms with van der Waals surface area (Å²) in [6, 6.07) is 7.55. The van der Waals surface area contributed by atoms with E-state index in [1.54, 1.807) is 6.07 Å². The highest BCUT2D eigenvalue weighted by Gasteiger charge is 2.26. The van der Waals surface area contributed by atoms with Gasteiger partial charge in [0.1, 0.15) is 5.82 Å². The molecule has 2 unspecified atom stereocenters. The number of hydrogen-bond acceptors (Lipinski definition) is 2. The Morgan fingerprint density at radius 3 is 2.81 bits per heavy atom. The van der Waals surface area contributed by atoms with Crippen molar-refractivity contribution in [3.8, 4) is 0 Å². The van der Waals surface area contributed by atoms with Crippen LogP contribution in [0.2, 0.25) is 0 Å². The Morgan fingerprint density at radius 1 is 1.24 bits per heavy atom. The van der Waals surface area contributed by atoms with Gasteiger partial charge in [-0.15, -0.1) is 0 Å². The Morgan fingerprint density at radius 2 is 2.05 bits per heavy atom. The predicted molar refractivity (Wildman–Crippen MR) is 86.1 cm³/mol. The van der Waals surface area contributed by atoms with E-state index in [1.807, 2.05) is 12.1 Å². The fourth-order valence-corrected chi connectivity index (χ4v) is 3.93. The maximum atomic E-state index is 13.4. The van der Waals surface area contributed by atoms with Crippen LogP contribution < -0.4 is 10.2 Å². The zero-order valence-electron chi connectivity index (χ0n) is 13.0. The molecule has 0 bridgehead atoms. The number of rotatable bonds is 4. The topological polar surface area (TPSA) is 15.3 Å². The van der Waals surface area contributed by atoms with Crippen LogP contribution in [0.25, 0.3) is 0 Å². The van der Waals surface area contributed by atoms with Gasteiger partial charge in [0.25, 0.3) is 0 Å². The number of nitrogens with zero attached hydrogens (tertiary/aromatic N) is 1. The lowest BCUT2D eigenvalue weighted by Gasteiger charge is -2.38. The number of nitrogens with one attached hydrogen (secondary N) is 1. The van der Waals surface area contributed by atoms with E-state index in [0.29, 0.717) is 12.0 Å². The van der Waals surface area contributed by atoms with Gasteiger partial charge in [0.15, 0.2) is 0 Å². The minimum atomic E-state index is -0.138. The van der Waals surface area contributed by atoms with Gasteiger partial charge in [-0.2, -0.15) is 0 Å². The summed E-state index contributed by atoms with van der Waals surface area (Å²) in [5, 5.41) is 3.77. The van der Waals surface area contributed by atoms with Gasteiger partial charge in [-0.05, 0) is 55.8 Å². The van der Waals surface area contributed by atoms with Gasteiger partial charge in [0.2, 0.25) is 0 Å². The van der Waals surface area contributed by atoms with Crippen LogP contribution >= 0.6 is 0 Å². The molecule has 2 nitrogen and oxygen atoms in total. The maximum absolute atomic E-state index is 13.4. The SMILES string of the molecule is CC1CC(NCC2CCCC2)CN(c2cccc(F)c2)C1. The van der Waals surface area contributed by atoms with Crippen LogP contribution in [0.3, 0.4) is 0 Å². The third-order valence-corrected chi connectivity index (χ3v) is 5.00. The molecule has 3 heteroatoms. The Balaban J connectivity index is 1.58. The molecule has 1 heterocycles. The van der Waals surface area contributed by atoms with Gasteiger partial charge in [-0.25, -0.2) is 4.39 Å². The summed E-state index contributed by atoms with van der Waals surface area (Å²) in [5.74, 6) is 1.40. The summed E-state index contributed by atoms with van der Waals surface area (Å²) in [4.78, 5) is 2.34. The average molecular weight is 290 g/mol. The summed E-state index contributed by atoms with van der Waals surface area (Å²) in [5.41, 5.74) is 1.02. The fraction of sp³-hybridized carbons (Fsp3) is 0.667. The molecule has 2 aliphatic rings. The van der Waals surface area contributed by atoms with Crippen molar-refractivity contribution in [2.75, 3.05) is 24.5 Å². The largest absolute Gasteiger partial charge is 0.370 e. The molecule has 21 heavy (non-hydrogen) atoms. The molecular formula is C18H27FN2. The van der Waals surface area contributed by atoms with Gasteiger partial charge >= 0.3 is 0 Å². The van der Waals surface area contributed by atoms with E-state index in [2.05, 4.69) is 17.1 Å². The van der Waals surface area contributed by atoms with Crippen LogP contribution in [-0.4, -0.2) is 25.7 Å². The molecule has 3 rings (SSSR count). The van der Waals surface area contributed by atoms with E-state index in [0.717, 1.165) is 31.2 Å². The van der Waals surface area contributed by atoms with Crippen LogP contribution in [0, 0.1) is 17.7 Å². The standard InChI is InChI=1S/C18H27FN2/c1-14-9-17(20-11-15-5-2-3-6-15)13-21(12-14)18-8-4-7-16(19)10-18/h4,7-8,10,14-15,17,20H,2-3,5-6,9,11-13H2,1H3. The molecule has 0 amide bonds. The third-order valence-electron chi connectivity index (χ3n) is 5.00. The molecule has 1 aliphatic carbocycles. The second kappa shape index (κ2) is 6.78. The summed E-state index contributed by atoms with van der Waals surface area (Å²) >= 11 is 0. The molecule has 1 aromatic rings. The van der Waals surface area contributed by atoms with E-state index in [9.17, 15) is 4.39 Å². The minimum absolute atomic E-state index is 0.138. The maximum Gasteiger partial charge on any atom is 0.125 e. The van der Waals surface area contributed by atoms with Crippen molar-refractivity contribution in [2.24, 2.45) is 11.8 Å². The quantitative estimate of drug-likeness (QED) is 0.907. The molecule has 0 radical (unpaired) electrons. The zero-order valence-corrected chi connectivity index (χ0v) is 13.0. The second-order valence-corrected chi connectivity index (χ2v) is 6.98. The monoisotopic (exact) mass is 290 g/mol. The Kier molecular flexibility index (Phi) is 4.79. The predicted octanol–water partition coefficient (Wildman–Crippen LogP) is 3.82. The first-order chi connectivity index (χ1) is 10.2. The van der Waals surface area contributed by atoms with Gasteiger partial charge in [-0.3, -0.25) is 0 Å². The second-order valence-electron chi connectivity index (χ2n) is 6.98. The van der Waals surface area contributed by atoms with Crippen molar-refractivity contribution in [2.45, 2.75) is 45.1 Å². The molecule has 0 spiro atoms. The first-order valence-electron chi connectivity index (χ1n) is 8.44. The first-order valence-corrected chi connectivity index (χ1v) is 8.44. The number of piperidine rings is 1.